The van der Waals surface area contributed by atoms with E-state index in [1.54, 1.807) is 0 Å². The molecule has 0 radical (unpaired) electrons. The highest BCUT2D eigenvalue weighted by atomic mass is 16.2. The SMILES string of the molecule is CC(C)C=CC(C)CCO. The molecule has 1 atom stereocenters. The Labute approximate surface area is 63.8 Å². The van der Waals surface area contributed by atoms with E-state index in [0.29, 0.717) is 18.4 Å². The number of rotatable bonds is 4. The normalized spacial score (nSPS) is 14.9. The standard InChI is InChI=1S/C9H18O/c1-8(2)4-5-9(3)6-7-10/h4-5,8-10H,6-7H2,1-3H3. The van der Waals surface area contributed by atoms with Crippen molar-refractivity contribution in [1.29, 1.82) is 0 Å². The van der Waals surface area contributed by atoms with Crippen molar-refractivity contribution in [3.8, 4) is 0 Å². The summed E-state index contributed by atoms with van der Waals surface area (Å²) >= 11 is 0. The average Bonchev–Trinajstić information content (AvgIpc) is 1.85. The Kier molecular flexibility index (Phi) is 5.32. The maximum atomic E-state index is 8.57. The molecule has 10 heavy (non-hydrogen) atoms. The van der Waals surface area contributed by atoms with Crippen LogP contribution < -0.4 is 0 Å². The second-order valence-corrected chi connectivity index (χ2v) is 3.12. The van der Waals surface area contributed by atoms with Crippen LogP contribution in [0.15, 0.2) is 12.2 Å². The summed E-state index contributed by atoms with van der Waals surface area (Å²) in [7, 11) is 0. The van der Waals surface area contributed by atoms with Crippen molar-refractivity contribution in [2.75, 3.05) is 6.61 Å². The molecular formula is C9H18O. The lowest BCUT2D eigenvalue weighted by molar-refractivity contribution is 0.274. The van der Waals surface area contributed by atoms with Crippen molar-refractivity contribution in [3.05, 3.63) is 12.2 Å². The highest BCUT2D eigenvalue weighted by Crippen LogP contribution is 2.04. The minimum atomic E-state index is 0.295. The number of allylic oxidation sites excluding steroid dienone is 2. The number of aliphatic hydroxyl groups excluding tert-OH is 1. The Balaban J connectivity index is 3.45. The Morgan fingerprint density at radius 2 is 1.80 bits per heavy atom. The maximum absolute atomic E-state index is 8.57. The summed E-state index contributed by atoms with van der Waals surface area (Å²) < 4.78 is 0. The molecule has 0 aliphatic carbocycles. The molecule has 0 saturated carbocycles. The second-order valence-electron chi connectivity index (χ2n) is 3.12. The van der Waals surface area contributed by atoms with Crippen molar-refractivity contribution in [2.45, 2.75) is 27.2 Å². The van der Waals surface area contributed by atoms with Crippen LogP contribution in [-0.4, -0.2) is 11.7 Å². The van der Waals surface area contributed by atoms with Gasteiger partial charge >= 0.3 is 0 Å². The summed E-state index contributed by atoms with van der Waals surface area (Å²) in [4.78, 5) is 0. The molecule has 1 nitrogen and oxygen atoms in total. The van der Waals surface area contributed by atoms with Gasteiger partial charge in [-0.05, 0) is 18.3 Å². The third-order valence-electron chi connectivity index (χ3n) is 1.41. The fourth-order valence-corrected chi connectivity index (χ4v) is 0.712. The van der Waals surface area contributed by atoms with E-state index in [1.165, 1.54) is 0 Å². The van der Waals surface area contributed by atoms with E-state index in [2.05, 4.69) is 32.9 Å². The maximum Gasteiger partial charge on any atom is 0.0436 e. The molecule has 0 fully saturated rings. The largest absolute Gasteiger partial charge is 0.396 e. The molecule has 0 heterocycles. The van der Waals surface area contributed by atoms with E-state index in [0.717, 1.165) is 6.42 Å². The monoisotopic (exact) mass is 142 g/mol. The van der Waals surface area contributed by atoms with E-state index in [4.69, 9.17) is 5.11 Å². The van der Waals surface area contributed by atoms with Crippen molar-refractivity contribution < 1.29 is 5.11 Å². The number of hydrogen-bond acceptors (Lipinski definition) is 1. The first kappa shape index (κ1) is 9.70. The molecule has 1 heteroatoms. The third-order valence-corrected chi connectivity index (χ3v) is 1.41. The minimum Gasteiger partial charge on any atom is -0.396 e. The summed E-state index contributed by atoms with van der Waals surface area (Å²) in [5.74, 6) is 1.15. The summed E-state index contributed by atoms with van der Waals surface area (Å²) in [6.45, 7) is 6.73. The van der Waals surface area contributed by atoms with Gasteiger partial charge in [0.2, 0.25) is 0 Å². The fourth-order valence-electron chi connectivity index (χ4n) is 0.712. The van der Waals surface area contributed by atoms with Gasteiger partial charge in [0.15, 0.2) is 0 Å². The van der Waals surface area contributed by atoms with Gasteiger partial charge in [-0.3, -0.25) is 0 Å². The third kappa shape index (κ3) is 5.83. The van der Waals surface area contributed by atoms with Gasteiger partial charge < -0.3 is 5.11 Å². The molecular weight excluding hydrogens is 124 g/mol. The van der Waals surface area contributed by atoms with E-state index >= 15 is 0 Å². The Morgan fingerprint density at radius 3 is 2.20 bits per heavy atom. The molecule has 0 spiro atoms. The van der Waals surface area contributed by atoms with Crippen LogP contribution in [0.3, 0.4) is 0 Å². The van der Waals surface area contributed by atoms with Crippen LogP contribution in [-0.2, 0) is 0 Å². The van der Waals surface area contributed by atoms with Gasteiger partial charge in [-0.25, -0.2) is 0 Å². The van der Waals surface area contributed by atoms with Crippen LogP contribution >= 0.6 is 0 Å². The van der Waals surface area contributed by atoms with Crippen molar-refractivity contribution in [3.63, 3.8) is 0 Å². The zero-order valence-electron chi connectivity index (χ0n) is 7.17. The highest BCUT2D eigenvalue weighted by molar-refractivity contribution is 4.88. The first-order chi connectivity index (χ1) is 4.66. The lowest BCUT2D eigenvalue weighted by atomic mass is 10.1. The Bertz CT molecular complexity index is 94.9. The van der Waals surface area contributed by atoms with Gasteiger partial charge in [0.05, 0.1) is 0 Å². The van der Waals surface area contributed by atoms with Gasteiger partial charge in [0.1, 0.15) is 0 Å². The van der Waals surface area contributed by atoms with E-state index in [-0.39, 0.29) is 0 Å². The summed E-state index contributed by atoms with van der Waals surface area (Å²) in [6.07, 6.45) is 5.23. The molecule has 0 aromatic rings. The number of aliphatic hydroxyl groups is 1. The van der Waals surface area contributed by atoms with Crippen LogP contribution in [0.1, 0.15) is 27.2 Å². The van der Waals surface area contributed by atoms with Crippen molar-refractivity contribution in [2.24, 2.45) is 11.8 Å². The smallest absolute Gasteiger partial charge is 0.0436 e. The van der Waals surface area contributed by atoms with Crippen LogP contribution in [0.4, 0.5) is 0 Å². The molecule has 0 aromatic heterocycles. The fraction of sp³-hybridized carbons (Fsp3) is 0.778. The quantitative estimate of drug-likeness (QED) is 0.597. The first-order valence-electron chi connectivity index (χ1n) is 3.96. The zero-order chi connectivity index (χ0) is 7.98. The van der Waals surface area contributed by atoms with E-state index < -0.39 is 0 Å². The predicted octanol–water partition coefficient (Wildman–Crippen LogP) is 2.22. The van der Waals surface area contributed by atoms with Crippen LogP contribution in [0.2, 0.25) is 0 Å². The Morgan fingerprint density at radius 1 is 1.20 bits per heavy atom. The van der Waals surface area contributed by atoms with Gasteiger partial charge in [0, 0.05) is 6.61 Å². The molecule has 1 unspecified atom stereocenters. The molecule has 0 aliphatic heterocycles. The lowest BCUT2D eigenvalue weighted by Gasteiger charge is -2.02. The van der Waals surface area contributed by atoms with E-state index in [1.807, 2.05) is 0 Å². The van der Waals surface area contributed by atoms with Gasteiger partial charge in [-0.1, -0.05) is 32.9 Å². The van der Waals surface area contributed by atoms with Gasteiger partial charge in [-0.2, -0.15) is 0 Å². The van der Waals surface area contributed by atoms with Crippen molar-refractivity contribution >= 4 is 0 Å². The lowest BCUT2D eigenvalue weighted by Crippen LogP contribution is -1.94. The van der Waals surface area contributed by atoms with Crippen molar-refractivity contribution in [1.82, 2.24) is 0 Å². The minimum absolute atomic E-state index is 0.295. The predicted molar refractivity (Wildman–Crippen MR) is 44.8 cm³/mol. The topological polar surface area (TPSA) is 20.2 Å². The zero-order valence-corrected chi connectivity index (χ0v) is 7.17. The highest BCUT2D eigenvalue weighted by Gasteiger charge is 1.94. The van der Waals surface area contributed by atoms with Gasteiger partial charge in [0.25, 0.3) is 0 Å². The second kappa shape index (κ2) is 5.48. The van der Waals surface area contributed by atoms with Crippen LogP contribution in [0.5, 0.6) is 0 Å². The number of hydrogen-bond donors (Lipinski definition) is 1. The molecule has 60 valence electrons. The summed E-state index contributed by atoms with van der Waals surface area (Å²) in [5.41, 5.74) is 0. The molecule has 0 amide bonds. The molecule has 0 bridgehead atoms. The van der Waals surface area contributed by atoms with Gasteiger partial charge in [-0.15, -0.1) is 0 Å². The molecule has 0 rings (SSSR count). The average molecular weight is 142 g/mol. The van der Waals surface area contributed by atoms with Crippen LogP contribution in [0.25, 0.3) is 0 Å². The van der Waals surface area contributed by atoms with E-state index in [9.17, 15) is 0 Å². The molecule has 0 aliphatic rings. The molecule has 1 N–H and O–H groups in total. The first-order valence-corrected chi connectivity index (χ1v) is 3.96. The summed E-state index contributed by atoms with van der Waals surface area (Å²) in [6, 6.07) is 0. The van der Waals surface area contributed by atoms with Crippen LogP contribution in [0, 0.1) is 11.8 Å². The Hall–Kier alpha value is -0.300. The molecule has 0 saturated heterocycles. The molecule has 0 aromatic carbocycles. The summed E-state index contributed by atoms with van der Waals surface area (Å²) in [5, 5.41) is 8.57.